The van der Waals surface area contributed by atoms with Gasteiger partial charge in [0.2, 0.25) is 0 Å². The first-order chi connectivity index (χ1) is 9.42. The number of rotatable bonds is 4. The van der Waals surface area contributed by atoms with Crippen LogP contribution in [0.2, 0.25) is 0 Å². The number of nitrogens with zero attached hydrogens (tertiary/aromatic N) is 2. The molecule has 19 heavy (non-hydrogen) atoms. The highest BCUT2D eigenvalue weighted by atomic mass is 15.3. The number of aryl methyl sites for hydroxylation is 1. The summed E-state index contributed by atoms with van der Waals surface area (Å²) in [5, 5.41) is 7.89. The second-order valence-electron chi connectivity index (χ2n) is 5.34. The molecule has 0 amide bonds. The highest BCUT2D eigenvalue weighted by molar-refractivity contribution is 5.61. The van der Waals surface area contributed by atoms with Crippen LogP contribution in [0.25, 0.3) is 11.1 Å². The normalized spacial score (nSPS) is 16.6. The zero-order valence-electron chi connectivity index (χ0n) is 11.3. The van der Waals surface area contributed by atoms with Gasteiger partial charge < -0.3 is 5.32 Å². The highest BCUT2D eigenvalue weighted by Crippen LogP contribution is 2.20. The predicted molar refractivity (Wildman–Crippen MR) is 77.9 cm³/mol. The molecule has 1 aromatic heterocycles. The summed E-state index contributed by atoms with van der Waals surface area (Å²) in [6.45, 7) is 3.40. The Hall–Kier alpha value is -1.61. The van der Waals surface area contributed by atoms with Crippen LogP contribution in [-0.2, 0) is 6.54 Å². The van der Waals surface area contributed by atoms with Crippen molar-refractivity contribution in [2.24, 2.45) is 5.92 Å². The summed E-state index contributed by atoms with van der Waals surface area (Å²) in [7, 11) is 0. The van der Waals surface area contributed by atoms with Crippen LogP contribution in [0.5, 0.6) is 0 Å². The summed E-state index contributed by atoms with van der Waals surface area (Å²) in [6.07, 6.45) is 8.01. The molecule has 2 heterocycles. The van der Waals surface area contributed by atoms with E-state index in [1.807, 2.05) is 12.3 Å². The van der Waals surface area contributed by atoms with Gasteiger partial charge in [0.1, 0.15) is 0 Å². The van der Waals surface area contributed by atoms with Crippen LogP contribution in [0.4, 0.5) is 0 Å². The molecule has 0 atom stereocenters. The van der Waals surface area contributed by atoms with Gasteiger partial charge in [-0.15, -0.1) is 0 Å². The van der Waals surface area contributed by atoms with Gasteiger partial charge in [-0.25, -0.2) is 0 Å². The highest BCUT2D eigenvalue weighted by Gasteiger charge is 2.12. The van der Waals surface area contributed by atoms with E-state index in [0.29, 0.717) is 0 Å². The minimum atomic E-state index is 0.866. The molecule has 100 valence electrons. The van der Waals surface area contributed by atoms with Crippen molar-refractivity contribution in [3.8, 4) is 11.1 Å². The largest absolute Gasteiger partial charge is 0.317 e. The summed E-state index contributed by atoms with van der Waals surface area (Å²) >= 11 is 0. The van der Waals surface area contributed by atoms with Crippen LogP contribution in [0, 0.1) is 5.92 Å². The van der Waals surface area contributed by atoms with E-state index in [1.165, 1.54) is 43.5 Å². The molecule has 3 rings (SSSR count). The maximum atomic E-state index is 4.48. The van der Waals surface area contributed by atoms with Gasteiger partial charge in [-0.2, -0.15) is 5.10 Å². The van der Waals surface area contributed by atoms with Gasteiger partial charge >= 0.3 is 0 Å². The van der Waals surface area contributed by atoms with E-state index >= 15 is 0 Å². The Labute approximate surface area is 114 Å². The van der Waals surface area contributed by atoms with Gasteiger partial charge in [0.25, 0.3) is 0 Å². The number of nitrogens with one attached hydrogen (secondary N) is 1. The van der Waals surface area contributed by atoms with Gasteiger partial charge in [0.15, 0.2) is 0 Å². The van der Waals surface area contributed by atoms with Crippen molar-refractivity contribution in [2.45, 2.75) is 25.8 Å². The maximum absolute atomic E-state index is 4.48. The average Bonchev–Trinajstić information content (AvgIpc) is 2.96. The summed E-state index contributed by atoms with van der Waals surface area (Å²) in [6, 6.07) is 10.5. The summed E-state index contributed by atoms with van der Waals surface area (Å²) < 4.78 is 2.09. The molecular formula is C16H21N3. The molecule has 0 unspecified atom stereocenters. The Bertz CT molecular complexity index is 498. The smallest absolute Gasteiger partial charge is 0.0568 e. The van der Waals surface area contributed by atoms with Crippen LogP contribution in [0.15, 0.2) is 42.7 Å². The first-order valence-electron chi connectivity index (χ1n) is 7.20. The molecule has 0 aliphatic carbocycles. The number of hydrogen-bond acceptors (Lipinski definition) is 2. The molecule has 1 fully saturated rings. The van der Waals surface area contributed by atoms with Crippen LogP contribution < -0.4 is 5.32 Å². The van der Waals surface area contributed by atoms with Crippen molar-refractivity contribution in [1.29, 1.82) is 0 Å². The summed E-state index contributed by atoms with van der Waals surface area (Å²) in [5.74, 6) is 0.866. The van der Waals surface area contributed by atoms with Crippen LogP contribution in [-0.4, -0.2) is 22.9 Å². The zero-order chi connectivity index (χ0) is 12.9. The molecule has 1 aromatic carbocycles. The quantitative estimate of drug-likeness (QED) is 0.910. The number of hydrogen-bond donors (Lipinski definition) is 1. The van der Waals surface area contributed by atoms with Crippen molar-refractivity contribution in [1.82, 2.24) is 15.1 Å². The minimum Gasteiger partial charge on any atom is -0.317 e. The topological polar surface area (TPSA) is 29.9 Å². The molecule has 0 bridgehead atoms. The fourth-order valence-corrected chi connectivity index (χ4v) is 2.75. The molecule has 2 aromatic rings. The molecule has 1 saturated heterocycles. The SMILES string of the molecule is c1ccc(-c2cnn(CCC3CCNCC3)c2)cc1. The van der Waals surface area contributed by atoms with E-state index in [4.69, 9.17) is 0 Å². The van der Waals surface area contributed by atoms with E-state index in [0.717, 1.165) is 12.5 Å². The van der Waals surface area contributed by atoms with Crippen molar-refractivity contribution < 1.29 is 0 Å². The molecule has 1 aliphatic heterocycles. The number of benzene rings is 1. The molecule has 0 radical (unpaired) electrons. The maximum Gasteiger partial charge on any atom is 0.0568 e. The van der Waals surface area contributed by atoms with Crippen LogP contribution in [0.3, 0.4) is 0 Å². The Morgan fingerprint density at radius 1 is 1.11 bits per heavy atom. The average molecular weight is 255 g/mol. The van der Waals surface area contributed by atoms with Gasteiger partial charge in [-0.3, -0.25) is 4.68 Å². The van der Waals surface area contributed by atoms with Crippen LogP contribution in [0.1, 0.15) is 19.3 Å². The lowest BCUT2D eigenvalue weighted by atomic mass is 9.95. The second-order valence-corrected chi connectivity index (χ2v) is 5.34. The molecule has 1 aliphatic rings. The van der Waals surface area contributed by atoms with Crippen LogP contribution >= 0.6 is 0 Å². The van der Waals surface area contributed by atoms with Gasteiger partial charge in [0.05, 0.1) is 6.20 Å². The fraction of sp³-hybridized carbons (Fsp3) is 0.438. The van der Waals surface area contributed by atoms with Gasteiger partial charge in [-0.05, 0) is 43.8 Å². The van der Waals surface area contributed by atoms with E-state index in [2.05, 4.69) is 45.6 Å². The lowest BCUT2D eigenvalue weighted by Crippen LogP contribution is -2.28. The third kappa shape index (κ3) is 3.24. The van der Waals surface area contributed by atoms with Crippen molar-refractivity contribution in [3.63, 3.8) is 0 Å². The molecule has 0 saturated carbocycles. The Morgan fingerprint density at radius 3 is 2.68 bits per heavy atom. The van der Waals surface area contributed by atoms with E-state index in [9.17, 15) is 0 Å². The first-order valence-corrected chi connectivity index (χ1v) is 7.20. The second kappa shape index (κ2) is 6.02. The molecular weight excluding hydrogens is 234 g/mol. The van der Waals surface area contributed by atoms with E-state index < -0.39 is 0 Å². The first kappa shape index (κ1) is 12.4. The van der Waals surface area contributed by atoms with Gasteiger partial charge in [-0.1, -0.05) is 30.3 Å². The monoisotopic (exact) mass is 255 g/mol. The molecule has 3 nitrogen and oxygen atoms in total. The molecule has 1 N–H and O–H groups in total. The third-order valence-corrected chi connectivity index (χ3v) is 3.97. The van der Waals surface area contributed by atoms with E-state index in [1.54, 1.807) is 0 Å². The zero-order valence-corrected chi connectivity index (χ0v) is 11.3. The Kier molecular flexibility index (Phi) is 3.94. The van der Waals surface area contributed by atoms with Crippen molar-refractivity contribution in [3.05, 3.63) is 42.7 Å². The lowest BCUT2D eigenvalue weighted by Gasteiger charge is -2.22. The Balaban J connectivity index is 1.59. The Morgan fingerprint density at radius 2 is 1.89 bits per heavy atom. The summed E-state index contributed by atoms with van der Waals surface area (Å²) in [4.78, 5) is 0. The third-order valence-electron chi connectivity index (χ3n) is 3.97. The molecule has 0 spiro atoms. The molecule has 3 heteroatoms. The lowest BCUT2D eigenvalue weighted by molar-refractivity contribution is 0.332. The van der Waals surface area contributed by atoms with Crippen molar-refractivity contribution >= 4 is 0 Å². The van der Waals surface area contributed by atoms with Gasteiger partial charge in [0, 0.05) is 18.3 Å². The van der Waals surface area contributed by atoms with Crippen molar-refractivity contribution in [2.75, 3.05) is 13.1 Å². The predicted octanol–water partition coefficient (Wildman–Crippen LogP) is 2.94. The fourth-order valence-electron chi connectivity index (χ4n) is 2.75. The summed E-state index contributed by atoms with van der Waals surface area (Å²) in [5.41, 5.74) is 2.46. The number of piperidine rings is 1. The minimum absolute atomic E-state index is 0.866. The standard InChI is InChI=1S/C16H21N3/c1-2-4-15(5-3-1)16-12-18-19(13-16)11-8-14-6-9-17-10-7-14/h1-5,12-14,17H,6-11H2. The number of aromatic nitrogens is 2. The van der Waals surface area contributed by atoms with E-state index in [-0.39, 0.29) is 0 Å².